The van der Waals surface area contributed by atoms with Gasteiger partial charge < -0.3 is 14.6 Å². The monoisotopic (exact) mass is 327 g/mol. The molecular weight excluding hydrogens is 310 g/mol. The van der Waals surface area contributed by atoms with Crippen LogP contribution in [0, 0.1) is 23.2 Å². The topological polar surface area (TPSA) is 104 Å². The number of hydrogen-bond acceptors (Lipinski definition) is 6. The first-order valence-corrected chi connectivity index (χ1v) is 7.86. The van der Waals surface area contributed by atoms with Crippen LogP contribution in [0.1, 0.15) is 37.5 Å². The van der Waals surface area contributed by atoms with Crippen LogP contribution in [0.25, 0.3) is 0 Å². The Morgan fingerprint density at radius 3 is 3.00 bits per heavy atom. The second kappa shape index (κ2) is 4.95. The van der Waals surface area contributed by atoms with Crippen molar-refractivity contribution in [2.75, 3.05) is 0 Å². The number of carbonyl (C=O) groups is 1. The molecule has 1 fully saturated rings. The van der Waals surface area contributed by atoms with Crippen molar-refractivity contribution in [1.29, 1.82) is 5.26 Å². The van der Waals surface area contributed by atoms with Crippen molar-refractivity contribution in [2.45, 2.75) is 38.1 Å². The molecule has 1 saturated carbocycles. The quantitative estimate of drug-likeness (QED) is 0.807. The number of rotatable bonds is 1. The summed E-state index contributed by atoms with van der Waals surface area (Å²) in [6, 6.07) is 7.11. The second-order valence-corrected chi connectivity index (χ2v) is 6.93. The number of carbonyl (C=O) groups excluding carboxylic acids is 1. The minimum absolute atomic E-state index is 0.0282. The molecule has 7 heteroatoms. The highest BCUT2D eigenvalue weighted by Crippen LogP contribution is 2.46. The molecular formula is C17H17N3O4. The third-order valence-electron chi connectivity index (χ3n) is 4.79. The van der Waals surface area contributed by atoms with Crippen molar-refractivity contribution >= 4 is 11.8 Å². The molecule has 7 nitrogen and oxygen atoms in total. The molecule has 2 heterocycles. The highest BCUT2D eigenvalue weighted by atomic mass is 16.5. The zero-order chi connectivity index (χ0) is 17.1. The molecule has 4 rings (SSSR count). The Hall–Kier alpha value is -2.59. The Morgan fingerprint density at radius 2 is 2.25 bits per heavy atom. The van der Waals surface area contributed by atoms with Crippen LogP contribution in [0.15, 0.2) is 23.3 Å². The molecule has 2 aliphatic heterocycles. The van der Waals surface area contributed by atoms with Gasteiger partial charge in [-0.1, -0.05) is 0 Å². The van der Waals surface area contributed by atoms with E-state index in [1.165, 1.54) is 0 Å². The van der Waals surface area contributed by atoms with Crippen molar-refractivity contribution in [3.05, 3.63) is 29.3 Å². The van der Waals surface area contributed by atoms with Gasteiger partial charge in [0.1, 0.15) is 17.5 Å². The van der Waals surface area contributed by atoms with Gasteiger partial charge >= 0.3 is 0 Å². The molecule has 2 N–H and O–H groups in total. The van der Waals surface area contributed by atoms with Crippen molar-refractivity contribution < 1.29 is 19.4 Å². The lowest BCUT2D eigenvalue weighted by molar-refractivity contribution is -0.123. The third kappa shape index (κ3) is 2.22. The molecule has 0 bridgehead atoms. The predicted molar refractivity (Wildman–Crippen MR) is 82.9 cm³/mol. The molecule has 0 radical (unpaired) electrons. The molecule has 3 aliphatic rings. The maximum Gasteiger partial charge on any atom is 0.244 e. The van der Waals surface area contributed by atoms with Gasteiger partial charge in [0.15, 0.2) is 6.10 Å². The van der Waals surface area contributed by atoms with E-state index in [-0.39, 0.29) is 17.7 Å². The average molecular weight is 327 g/mol. The number of nitriles is 1. The average Bonchev–Trinajstić information content (AvgIpc) is 3.35. The molecule has 0 spiro atoms. The number of benzene rings is 1. The van der Waals surface area contributed by atoms with E-state index in [0.29, 0.717) is 29.2 Å². The minimum Gasteiger partial charge on any atom is -0.485 e. The van der Waals surface area contributed by atoms with Gasteiger partial charge in [-0.3, -0.25) is 4.79 Å². The van der Waals surface area contributed by atoms with E-state index in [2.05, 4.69) is 16.6 Å². The normalized spacial score (nSPS) is 32.2. The molecule has 24 heavy (non-hydrogen) atoms. The van der Waals surface area contributed by atoms with E-state index in [9.17, 15) is 9.90 Å². The van der Waals surface area contributed by atoms with Crippen LogP contribution < -0.4 is 10.2 Å². The number of nitrogens with one attached hydrogen (secondary N) is 1. The molecule has 124 valence electrons. The number of hydrogen-bond donors (Lipinski definition) is 2. The maximum absolute atomic E-state index is 11.5. The van der Waals surface area contributed by atoms with Crippen LogP contribution in [-0.4, -0.2) is 28.6 Å². The van der Waals surface area contributed by atoms with Gasteiger partial charge in [-0.2, -0.15) is 5.26 Å². The molecule has 0 unspecified atom stereocenters. The van der Waals surface area contributed by atoms with Crippen LogP contribution in [0.4, 0.5) is 0 Å². The molecule has 1 aromatic carbocycles. The van der Waals surface area contributed by atoms with E-state index in [4.69, 9.17) is 14.7 Å². The fourth-order valence-corrected chi connectivity index (χ4v) is 3.22. The molecule has 0 aromatic heterocycles. The van der Waals surface area contributed by atoms with E-state index in [1.807, 2.05) is 0 Å². The van der Waals surface area contributed by atoms with Crippen molar-refractivity contribution in [2.24, 2.45) is 16.9 Å². The maximum atomic E-state index is 11.5. The van der Waals surface area contributed by atoms with Gasteiger partial charge in [0.2, 0.25) is 11.8 Å². The molecule has 0 saturated heterocycles. The summed E-state index contributed by atoms with van der Waals surface area (Å²) in [5.41, 5.74) is 2.67. The van der Waals surface area contributed by atoms with E-state index >= 15 is 0 Å². The number of amides is 1. The highest BCUT2D eigenvalue weighted by molar-refractivity contribution is 5.96. The van der Waals surface area contributed by atoms with E-state index < -0.39 is 17.8 Å². The Balaban J connectivity index is 1.71. The minimum atomic E-state index is -0.948. The number of fused-ring (bicyclic) bond motifs is 2. The van der Waals surface area contributed by atoms with Crippen LogP contribution in [0.3, 0.4) is 0 Å². The van der Waals surface area contributed by atoms with E-state index in [1.54, 1.807) is 32.0 Å². The van der Waals surface area contributed by atoms with Crippen LogP contribution in [0.2, 0.25) is 0 Å². The van der Waals surface area contributed by atoms with Crippen LogP contribution in [0.5, 0.6) is 5.75 Å². The summed E-state index contributed by atoms with van der Waals surface area (Å²) in [6.45, 7) is 3.55. The molecule has 1 aromatic rings. The van der Waals surface area contributed by atoms with Crippen molar-refractivity contribution in [1.82, 2.24) is 5.43 Å². The third-order valence-corrected chi connectivity index (χ3v) is 4.79. The lowest BCUT2D eigenvalue weighted by atomic mass is 9.87. The lowest BCUT2D eigenvalue weighted by Gasteiger charge is -2.42. The number of ether oxygens (including phenoxy) is 2. The van der Waals surface area contributed by atoms with Gasteiger partial charge in [-0.15, -0.1) is 5.10 Å². The molecule has 1 amide bonds. The van der Waals surface area contributed by atoms with Crippen molar-refractivity contribution in [3.63, 3.8) is 0 Å². The number of hydrazone groups is 1. The summed E-state index contributed by atoms with van der Waals surface area (Å²) in [5, 5.41) is 23.8. The largest absolute Gasteiger partial charge is 0.485 e. The van der Waals surface area contributed by atoms with Gasteiger partial charge in [-0.05, 0) is 38.5 Å². The first-order chi connectivity index (χ1) is 11.4. The summed E-state index contributed by atoms with van der Waals surface area (Å²) in [7, 11) is 0. The zero-order valence-electron chi connectivity index (χ0n) is 13.3. The van der Waals surface area contributed by atoms with Crippen LogP contribution >= 0.6 is 0 Å². The fourth-order valence-electron chi connectivity index (χ4n) is 3.22. The number of aliphatic hydroxyl groups excluding tert-OH is 1. The fraction of sp³-hybridized carbons (Fsp3) is 0.471. The van der Waals surface area contributed by atoms with Crippen molar-refractivity contribution in [3.8, 4) is 11.8 Å². The Bertz CT molecular complexity index is 796. The first-order valence-electron chi connectivity index (χ1n) is 7.86. The smallest absolute Gasteiger partial charge is 0.244 e. The number of aliphatic hydroxyl groups is 1. The Labute approximate surface area is 138 Å². The van der Waals surface area contributed by atoms with Crippen LogP contribution in [-0.2, 0) is 9.53 Å². The molecule has 4 atom stereocenters. The number of nitrogens with zero attached hydrogens (tertiary/aromatic N) is 2. The summed E-state index contributed by atoms with van der Waals surface area (Å²) in [4.78, 5) is 11.5. The highest BCUT2D eigenvalue weighted by Gasteiger charge is 2.53. The zero-order valence-corrected chi connectivity index (χ0v) is 13.3. The van der Waals surface area contributed by atoms with Gasteiger partial charge in [0.25, 0.3) is 0 Å². The summed E-state index contributed by atoms with van der Waals surface area (Å²) < 4.78 is 11.9. The SMILES string of the molecule is CC1(C)Oc2ccc(C#N)cc2[C@@H](OC2=NNC(=O)[C@H]3C[C@@H]23)[C@@H]1O. The Kier molecular flexibility index (Phi) is 3.09. The standard InChI is InChI=1S/C17H17N3O4/c1-17(2)14(21)13(11-5-8(7-18)3-4-12(11)24-17)23-16-10-6-9(10)15(22)19-20-16/h3-5,9-10,13-14,21H,6H2,1-2H3,(H,19,22)/t9-,10+,13+,14-/m0/s1. The lowest BCUT2D eigenvalue weighted by Crippen LogP contribution is -2.50. The van der Waals surface area contributed by atoms with Gasteiger partial charge in [0.05, 0.1) is 17.6 Å². The predicted octanol–water partition coefficient (Wildman–Crippen LogP) is 1.23. The van der Waals surface area contributed by atoms with Gasteiger partial charge in [-0.25, -0.2) is 5.43 Å². The first kappa shape index (κ1) is 15.0. The summed E-state index contributed by atoms with van der Waals surface area (Å²) in [5.74, 6) is 0.788. The van der Waals surface area contributed by atoms with Gasteiger partial charge in [0, 0.05) is 11.5 Å². The molecule has 1 aliphatic carbocycles. The summed E-state index contributed by atoms with van der Waals surface area (Å²) in [6.07, 6.45) is -0.957. The Morgan fingerprint density at radius 1 is 1.46 bits per heavy atom. The van der Waals surface area contributed by atoms with E-state index in [0.717, 1.165) is 0 Å². The second-order valence-electron chi connectivity index (χ2n) is 6.93. The summed E-state index contributed by atoms with van der Waals surface area (Å²) >= 11 is 0.